The fraction of sp³-hybridized carbons (Fsp3) is 0.210. The third-order valence-electron chi connectivity index (χ3n) is 15.2. The van der Waals surface area contributed by atoms with Crippen molar-refractivity contribution >= 4 is 95.0 Å². The average molecular weight is 1620 g/mol. The number of nitrogens with two attached hydrogens (primary N) is 6. The van der Waals surface area contributed by atoms with Gasteiger partial charge in [0, 0.05) is 24.8 Å². The highest BCUT2D eigenvalue weighted by atomic mass is 35.5. The van der Waals surface area contributed by atoms with Crippen LogP contribution >= 0.6 is 23.2 Å². The number of ether oxygens (including phenoxy) is 4. The van der Waals surface area contributed by atoms with Gasteiger partial charge in [0.1, 0.15) is 22.4 Å². The Kier molecular flexibility index (Phi) is 28.7. The molecule has 116 heavy (non-hydrogen) atoms. The first-order valence-electron chi connectivity index (χ1n) is 34.7. The molecule has 8 amide bonds. The first kappa shape index (κ1) is 89.0. The van der Waals surface area contributed by atoms with Crippen molar-refractivity contribution in [1.82, 2.24) is 59.8 Å². The molecule has 604 valence electrons. The van der Waals surface area contributed by atoms with Crippen LogP contribution in [0.4, 0.5) is 47.7 Å². The molecular formula is C81H87Cl2FN20O12. The molecule has 0 unspecified atom stereocenters. The van der Waals surface area contributed by atoms with E-state index in [0.717, 1.165) is 16.7 Å². The predicted molar refractivity (Wildman–Crippen MR) is 441 cm³/mol. The molecular weight excluding hydrogens is 1530 g/mol. The van der Waals surface area contributed by atoms with Crippen molar-refractivity contribution in [2.24, 2.45) is 22.9 Å². The van der Waals surface area contributed by atoms with E-state index in [4.69, 9.17) is 76.6 Å². The Labute approximate surface area is 675 Å². The van der Waals surface area contributed by atoms with Gasteiger partial charge in [-0.25, -0.2) is 59.0 Å². The number of benzene rings is 4. The molecule has 8 heterocycles. The second kappa shape index (κ2) is 37.4. The lowest BCUT2D eigenvalue weighted by Crippen LogP contribution is -2.44. The molecule has 0 atom stereocenters. The first-order valence-corrected chi connectivity index (χ1v) is 35.5. The lowest BCUT2D eigenvalue weighted by molar-refractivity contribution is 0.0404. The number of nitrogens with zero attached hydrogens (tertiary/aromatic N) is 10. The van der Waals surface area contributed by atoms with E-state index in [0.29, 0.717) is 77.9 Å². The molecule has 4 aromatic carbocycles. The molecule has 0 fully saturated rings. The Morgan fingerprint density at radius 2 is 0.603 bits per heavy atom. The number of amides is 8. The summed E-state index contributed by atoms with van der Waals surface area (Å²) >= 11 is 12.9. The second-order valence-electron chi connectivity index (χ2n) is 28.7. The van der Waals surface area contributed by atoms with Gasteiger partial charge in [-0.3, -0.25) is 23.9 Å². The number of aromatic nitrogens is 12. The number of anilines is 4. The van der Waals surface area contributed by atoms with Crippen molar-refractivity contribution in [2.75, 3.05) is 21.3 Å². The maximum atomic E-state index is 13.0. The Morgan fingerprint density at radius 3 is 0.888 bits per heavy atom. The third kappa shape index (κ3) is 23.0. The van der Waals surface area contributed by atoms with Crippen molar-refractivity contribution in [2.45, 2.75) is 113 Å². The summed E-state index contributed by atoms with van der Waals surface area (Å²) in [5.74, 6) is -2.74. The fourth-order valence-corrected chi connectivity index (χ4v) is 11.3. The summed E-state index contributed by atoms with van der Waals surface area (Å²) in [6.07, 6.45) is 1.78. The topological polar surface area (TPSA) is 502 Å². The van der Waals surface area contributed by atoms with Gasteiger partial charge >= 0.3 is 24.4 Å². The van der Waals surface area contributed by atoms with Crippen LogP contribution < -0.4 is 44.2 Å². The van der Waals surface area contributed by atoms with Crippen LogP contribution in [-0.2, 0) is 18.9 Å². The number of carbonyl (C=O) groups is 8. The summed E-state index contributed by atoms with van der Waals surface area (Å²) in [7, 11) is 0. The van der Waals surface area contributed by atoms with Gasteiger partial charge in [-0.05, 0) is 142 Å². The molecule has 32 nitrogen and oxygen atoms in total. The summed E-state index contributed by atoms with van der Waals surface area (Å²) < 4.78 is 21.5. The monoisotopic (exact) mass is 1620 g/mol. The van der Waals surface area contributed by atoms with Gasteiger partial charge in [0.05, 0.1) is 101 Å². The van der Waals surface area contributed by atoms with Crippen molar-refractivity contribution in [1.29, 1.82) is 0 Å². The van der Waals surface area contributed by atoms with Crippen LogP contribution in [0.1, 0.15) is 132 Å². The van der Waals surface area contributed by atoms with Crippen molar-refractivity contribution in [3.63, 3.8) is 0 Å². The maximum Gasteiger partial charge on any atom is 0.427 e. The van der Waals surface area contributed by atoms with Crippen molar-refractivity contribution < 1.29 is 62.0 Å². The molecule has 0 saturated heterocycles. The molecule has 16 N–H and O–H groups in total. The van der Waals surface area contributed by atoms with Crippen LogP contribution in [0.5, 0.6) is 0 Å². The molecule has 0 radical (unpaired) electrons. The number of nitrogen functional groups attached to an aromatic ring is 2. The number of hydrogen-bond acceptors (Lipinski definition) is 22. The molecule has 12 rings (SSSR count). The lowest BCUT2D eigenvalue weighted by atomic mass is 10.1. The second-order valence-corrected chi connectivity index (χ2v) is 29.4. The van der Waals surface area contributed by atoms with E-state index in [2.05, 4.69) is 59.8 Å². The minimum absolute atomic E-state index is 0. The molecule has 0 spiro atoms. The van der Waals surface area contributed by atoms with Gasteiger partial charge in [-0.1, -0.05) is 152 Å². The third-order valence-corrected chi connectivity index (χ3v) is 15.9. The molecule has 0 aliphatic carbocycles. The molecule has 0 bridgehead atoms. The Bertz CT molecular complexity index is 5470. The maximum absolute atomic E-state index is 13.0. The van der Waals surface area contributed by atoms with Gasteiger partial charge in [0.15, 0.2) is 0 Å². The van der Waals surface area contributed by atoms with Crippen molar-refractivity contribution in [3.05, 3.63) is 215 Å². The van der Waals surface area contributed by atoms with E-state index in [1.54, 1.807) is 144 Å². The average Bonchev–Trinajstić information content (AvgIpc) is 1.62. The van der Waals surface area contributed by atoms with E-state index in [-0.39, 0.29) is 74.0 Å². The zero-order valence-corrected chi connectivity index (χ0v) is 65.8. The van der Waals surface area contributed by atoms with Gasteiger partial charge in [-0.2, -0.15) is 0 Å². The summed E-state index contributed by atoms with van der Waals surface area (Å²) in [5, 5.41) is 0.247. The van der Waals surface area contributed by atoms with Crippen molar-refractivity contribution in [3.8, 4) is 90.6 Å². The SMILES string of the molecule is C.CC(C)(C)OC(=O)N(C(=O)OC(C)(C)C)c1nccc(-c2[nH]c(-c3ccccc3)c(C(N)=O)c2Cl)n1.CC(C)(C)OC(=O)N(C(=O)OC(C)(C)C)c1nccc(-c2cc(C(N)=O)c(-c3ccccc3)[nH]2)n1.F.NC(=O)c1c(-c2ccccc2)[nH]c(-c2ccnc(N)n2)c1Cl.NC(=O)c1cc(-c2ccnc(N)n2)[nH]c1-c1ccccc1. The predicted octanol–water partition coefficient (Wildman–Crippen LogP) is 15.6. The lowest BCUT2D eigenvalue weighted by Gasteiger charge is -2.27. The van der Waals surface area contributed by atoms with Crippen LogP contribution in [0.2, 0.25) is 10.0 Å². The van der Waals surface area contributed by atoms with E-state index >= 15 is 0 Å². The summed E-state index contributed by atoms with van der Waals surface area (Å²) in [6, 6.07) is 46.7. The number of carbonyl (C=O) groups excluding carboxylic acids is 8. The zero-order chi connectivity index (χ0) is 83.3. The van der Waals surface area contributed by atoms with E-state index < -0.39 is 70.4 Å². The number of halogens is 3. The number of H-pyrrole nitrogens is 4. The highest BCUT2D eigenvalue weighted by Gasteiger charge is 2.38. The minimum Gasteiger partial charge on any atom is -0.443 e. The highest BCUT2D eigenvalue weighted by Crippen LogP contribution is 2.40. The smallest absolute Gasteiger partial charge is 0.427 e. The van der Waals surface area contributed by atoms with Gasteiger partial charge in [0.2, 0.25) is 23.8 Å². The molecule has 0 aliphatic rings. The number of imide groups is 2. The molecule has 12 aromatic rings. The molecule has 0 saturated carbocycles. The summed E-state index contributed by atoms with van der Waals surface area (Å²) in [4.78, 5) is 146. The van der Waals surface area contributed by atoms with E-state index in [1.807, 2.05) is 97.1 Å². The van der Waals surface area contributed by atoms with Crippen LogP contribution in [0, 0.1) is 0 Å². The number of nitrogens with one attached hydrogen (secondary N) is 4. The standard InChI is InChI=1S/C25H28ClN5O5.C25H29N5O5.C15H12ClN5O.C15H13N5O.CH4.FH/c1-24(2,3)35-22(33)31(23(34)36-25(4,5)6)21-28-13-12-15(29-21)19-17(26)16(20(27)32)18(30-19)14-10-8-7-9-11-14;1-24(2,3)34-22(32)30(23(33)35-25(4,5)6)21-27-13-12-17(29-21)18-14-16(20(26)31)19(28-18)15-10-8-7-9-11-15;16-11-10(14(17)22)12(8-4-2-1-3-5-8)21-13(11)9-6-7-19-15(18)20-9;16-14(21)10-8-12(11-6-7-18-15(17)20-11)19-13(10)9-4-2-1-3-5-9;;/h7-13,30H,1-6H3,(H2,27,32);7-14,28H,1-6H3,(H2,26,31);1-7,21H,(H2,17,22)(H2,18,19,20);1-8,19H,(H2,16,21)(H2,17,18,20);1H4;1H. The number of primary amides is 4. The molecule has 8 aromatic heterocycles. The first-order chi connectivity index (χ1) is 53.6. The largest absolute Gasteiger partial charge is 0.443 e. The fourth-order valence-electron chi connectivity index (χ4n) is 10.6. The van der Waals surface area contributed by atoms with Crippen LogP contribution in [0.15, 0.2) is 183 Å². The van der Waals surface area contributed by atoms with E-state index in [9.17, 15) is 38.4 Å². The zero-order valence-electron chi connectivity index (χ0n) is 64.3. The number of rotatable bonds is 14. The van der Waals surface area contributed by atoms with Gasteiger partial charge < -0.3 is 73.3 Å². The normalized spacial score (nSPS) is 11.0. The van der Waals surface area contributed by atoms with Gasteiger partial charge in [-0.15, -0.1) is 9.80 Å². The Morgan fingerprint density at radius 1 is 0.345 bits per heavy atom. The number of aromatic amines is 4. The van der Waals surface area contributed by atoms with E-state index in [1.165, 1.54) is 24.7 Å². The Balaban J connectivity index is 0.000000218. The van der Waals surface area contributed by atoms with Crippen LogP contribution in [0.3, 0.4) is 0 Å². The minimum atomic E-state index is -1.02. The van der Waals surface area contributed by atoms with Gasteiger partial charge in [0.25, 0.3) is 23.6 Å². The molecule has 0 aliphatic heterocycles. The summed E-state index contributed by atoms with van der Waals surface area (Å²) in [6.45, 7) is 20.0. The van der Waals surface area contributed by atoms with Crippen LogP contribution in [-0.4, -0.2) is 130 Å². The Hall–Kier alpha value is -14.2. The highest BCUT2D eigenvalue weighted by molar-refractivity contribution is 6.38. The quantitative estimate of drug-likeness (QED) is 0.0452. The van der Waals surface area contributed by atoms with Crippen LogP contribution in [0.25, 0.3) is 90.6 Å². The number of hydrogen-bond donors (Lipinski definition) is 10. The summed E-state index contributed by atoms with van der Waals surface area (Å²) in [5.41, 5.74) is 39.4. The molecule has 35 heteroatoms.